The molecule has 0 fully saturated rings. The van der Waals surface area contributed by atoms with Crippen LogP contribution in [0.15, 0.2) is 18.2 Å². The first-order chi connectivity index (χ1) is 7.74. The van der Waals surface area contributed by atoms with Crippen molar-refractivity contribution in [3.05, 3.63) is 33.1 Å². The number of benzene rings is 1. The molecule has 0 saturated carbocycles. The van der Waals surface area contributed by atoms with Crippen LogP contribution in [0.3, 0.4) is 0 Å². The molecule has 0 heterocycles. The summed E-state index contributed by atoms with van der Waals surface area (Å²) in [6.45, 7) is 4.10. The van der Waals surface area contributed by atoms with E-state index in [2.05, 4.69) is 12.2 Å². The van der Waals surface area contributed by atoms with Gasteiger partial charge in [-0.2, -0.15) is 0 Å². The number of unbranched alkanes of at least 4 members (excludes halogenated alkanes) is 3. The van der Waals surface area contributed by atoms with Gasteiger partial charge in [0.05, 0.1) is 0 Å². The monoisotopic (exact) mass is 335 g/mol. The van der Waals surface area contributed by atoms with E-state index < -0.39 is 0 Å². The first kappa shape index (κ1) is 13.9. The second-order valence-corrected chi connectivity index (χ2v) is 5.15. The lowest BCUT2D eigenvalue weighted by atomic mass is 10.2. The molecule has 1 rings (SSSR count). The largest absolute Gasteiger partial charge is 0.313 e. The quantitative estimate of drug-likeness (QED) is 0.584. The predicted molar refractivity (Wildman–Crippen MR) is 75.0 cm³/mol. The molecule has 3 heteroatoms. The van der Waals surface area contributed by atoms with Crippen molar-refractivity contribution < 1.29 is 4.39 Å². The van der Waals surface area contributed by atoms with Crippen LogP contribution < -0.4 is 5.32 Å². The minimum atomic E-state index is -0.132. The molecular weight excluding hydrogens is 316 g/mol. The summed E-state index contributed by atoms with van der Waals surface area (Å²) in [6, 6.07) is 5.28. The highest BCUT2D eigenvalue weighted by Gasteiger charge is 1.99. The molecule has 0 radical (unpaired) electrons. The zero-order chi connectivity index (χ0) is 11.8. The summed E-state index contributed by atoms with van der Waals surface area (Å²) in [5, 5.41) is 3.38. The van der Waals surface area contributed by atoms with Gasteiger partial charge in [0, 0.05) is 10.1 Å². The number of nitrogens with one attached hydrogen (secondary N) is 1. The van der Waals surface area contributed by atoms with E-state index in [1.54, 1.807) is 0 Å². The van der Waals surface area contributed by atoms with Crippen LogP contribution in [0.5, 0.6) is 0 Å². The lowest BCUT2D eigenvalue weighted by Crippen LogP contribution is -2.14. The molecule has 0 amide bonds. The van der Waals surface area contributed by atoms with Gasteiger partial charge in [0.1, 0.15) is 5.82 Å². The van der Waals surface area contributed by atoms with E-state index in [0.717, 1.165) is 18.7 Å². The van der Waals surface area contributed by atoms with Crippen LogP contribution in [0.4, 0.5) is 4.39 Å². The number of hydrogen-bond donors (Lipinski definition) is 1. The first-order valence-electron chi connectivity index (χ1n) is 5.88. The van der Waals surface area contributed by atoms with Gasteiger partial charge < -0.3 is 5.32 Å². The van der Waals surface area contributed by atoms with E-state index in [-0.39, 0.29) is 5.82 Å². The molecule has 1 nitrogen and oxygen atoms in total. The van der Waals surface area contributed by atoms with Crippen LogP contribution in [0, 0.1) is 9.39 Å². The lowest BCUT2D eigenvalue weighted by Gasteiger charge is -2.05. The maximum atomic E-state index is 13.0. The molecule has 1 N–H and O–H groups in total. The van der Waals surface area contributed by atoms with Crippen molar-refractivity contribution in [1.29, 1.82) is 0 Å². The zero-order valence-corrected chi connectivity index (χ0v) is 11.9. The molecule has 0 aliphatic carbocycles. The average molecular weight is 335 g/mol. The molecule has 0 aliphatic rings. The summed E-state index contributed by atoms with van der Waals surface area (Å²) in [5.41, 5.74) is 1.15. The molecule has 0 atom stereocenters. The minimum absolute atomic E-state index is 0.132. The second kappa shape index (κ2) is 8.01. The molecule has 0 bridgehead atoms. The van der Waals surface area contributed by atoms with Gasteiger partial charge in [0.25, 0.3) is 0 Å². The van der Waals surface area contributed by atoms with Crippen LogP contribution >= 0.6 is 22.6 Å². The highest BCUT2D eigenvalue weighted by atomic mass is 127. The Labute approximate surface area is 111 Å². The molecule has 1 aromatic rings. The predicted octanol–water partition coefficient (Wildman–Crippen LogP) is 4.10. The molecule has 0 spiro atoms. The van der Waals surface area contributed by atoms with E-state index >= 15 is 0 Å². The van der Waals surface area contributed by atoms with E-state index in [4.69, 9.17) is 0 Å². The van der Waals surface area contributed by atoms with Gasteiger partial charge in [0.2, 0.25) is 0 Å². The Hall–Kier alpha value is -0.160. The summed E-state index contributed by atoms with van der Waals surface area (Å²) in [7, 11) is 0. The Kier molecular flexibility index (Phi) is 6.96. The van der Waals surface area contributed by atoms with Crippen LogP contribution in [0.1, 0.15) is 38.2 Å². The fourth-order valence-corrected chi connectivity index (χ4v) is 2.14. The first-order valence-corrected chi connectivity index (χ1v) is 6.96. The summed E-state index contributed by atoms with van der Waals surface area (Å²) >= 11 is 2.03. The molecule has 90 valence electrons. The standard InChI is InChI=1S/C13H19FIN/c1-2-3-4-5-8-16-10-11-6-7-12(14)13(15)9-11/h6-7,9,16H,2-5,8,10H2,1H3. The molecular formula is C13H19FIN. The number of rotatable bonds is 7. The zero-order valence-electron chi connectivity index (χ0n) is 9.73. The van der Waals surface area contributed by atoms with Crippen molar-refractivity contribution in [2.24, 2.45) is 0 Å². The van der Waals surface area contributed by atoms with Crippen molar-refractivity contribution in [2.45, 2.75) is 39.2 Å². The maximum Gasteiger partial charge on any atom is 0.136 e. The Morgan fingerprint density at radius 2 is 2.06 bits per heavy atom. The van der Waals surface area contributed by atoms with Crippen LogP contribution in [-0.4, -0.2) is 6.54 Å². The van der Waals surface area contributed by atoms with Crippen molar-refractivity contribution in [3.63, 3.8) is 0 Å². The molecule has 0 unspecified atom stereocenters. The molecule has 1 aromatic carbocycles. The van der Waals surface area contributed by atoms with Gasteiger partial charge in [-0.1, -0.05) is 32.3 Å². The maximum absolute atomic E-state index is 13.0. The van der Waals surface area contributed by atoms with E-state index in [9.17, 15) is 4.39 Å². The SMILES string of the molecule is CCCCCCNCc1ccc(F)c(I)c1. The van der Waals surface area contributed by atoms with Crippen LogP contribution in [0.2, 0.25) is 0 Å². The smallest absolute Gasteiger partial charge is 0.136 e. The van der Waals surface area contributed by atoms with E-state index in [1.807, 2.05) is 34.7 Å². The third-order valence-corrected chi connectivity index (χ3v) is 3.35. The van der Waals surface area contributed by atoms with Crippen molar-refractivity contribution >= 4 is 22.6 Å². The topological polar surface area (TPSA) is 12.0 Å². The second-order valence-electron chi connectivity index (χ2n) is 3.99. The summed E-state index contributed by atoms with van der Waals surface area (Å²) in [6.07, 6.45) is 5.11. The number of hydrogen-bond acceptors (Lipinski definition) is 1. The highest BCUT2D eigenvalue weighted by Crippen LogP contribution is 2.12. The fourth-order valence-electron chi connectivity index (χ4n) is 1.56. The van der Waals surface area contributed by atoms with Gasteiger partial charge >= 0.3 is 0 Å². The van der Waals surface area contributed by atoms with Crippen molar-refractivity contribution in [2.75, 3.05) is 6.54 Å². The van der Waals surface area contributed by atoms with Gasteiger partial charge in [-0.3, -0.25) is 0 Å². The molecule has 0 aliphatic heterocycles. The Morgan fingerprint density at radius 3 is 2.75 bits per heavy atom. The van der Waals surface area contributed by atoms with Gasteiger partial charge in [-0.15, -0.1) is 0 Å². The third-order valence-electron chi connectivity index (χ3n) is 2.52. The average Bonchev–Trinajstić information content (AvgIpc) is 2.28. The fraction of sp³-hybridized carbons (Fsp3) is 0.538. The van der Waals surface area contributed by atoms with Gasteiger partial charge in [-0.25, -0.2) is 4.39 Å². The van der Waals surface area contributed by atoms with Crippen molar-refractivity contribution in [3.8, 4) is 0 Å². The highest BCUT2D eigenvalue weighted by molar-refractivity contribution is 14.1. The van der Waals surface area contributed by atoms with Crippen LogP contribution in [-0.2, 0) is 6.54 Å². The third kappa shape index (κ3) is 5.25. The molecule has 0 aromatic heterocycles. The van der Waals surface area contributed by atoms with Gasteiger partial charge in [-0.05, 0) is 53.3 Å². The minimum Gasteiger partial charge on any atom is -0.313 e. The Balaban J connectivity index is 2.19. The van der Waals surface area contributed by atoms with Gasteiger partial charge in [0.15, 0.2) is 0 Å². The van der Waals surface area contributed by atoms with E-state index in [1.165, 1.54) is 31.7 Å². The van der Waals surface area contributed by atoms with E-state index in [0.29, 0.717) is 3.57 Å². The van der Waals surface area contributed by atoms with Crippen LogP contribution in [0.25, 0.3) is 0 Å². The van der Waals surface area contributed by atoms with Crippen molar-refractivity contribution in [1.82, 2.24) is 5.32 Å². The molecule has 16 heavy (non-hydrogen) atoms. The summed E-state index contributed by atoms with van der Waals surface area (Å²) < 4.78 is 13.7. The Bertz CT molecular complexity index is 315. The lowest BCUT2D eigenvalue weighted by molar-refractivity contribution is 0.595. The summed E-state index contributed by atoms with van der Waals surface area (Å²) in [4.78, 5) is 0. The normalized spacial score (nSPS) is 10.7. The summed E-state index contributed by atoms with van der Waals surface area (Å²) in [5.74, 6) is -0.132. The molecule has 0 saturated heterocycles. The number of halogens is 2. The Morgan fingerprint density at radius 1 is 1.25 bits per heavy atom.